The molecule has 0 spiro atoms. The topological polar surface area (TPSA) is 18.5 Å². The molecule has 0 unspecified atom stereocenters. The minimum atomic E-state index is 0.631. The van der Waals surface area contributed by atoms with Gasteiger partial charge in [-0.1, -0.05) is 40.9 Å². The SMILES string of the molecule is Cc1cccc(OCCOCCCCCCBr)c1C. The van der Waals surface area contributed by atoms with E-state index in [-0.39, 0.29) is 0 Å². The Balaban J connectivity index is 2.03. The van der Waals surface area contributed by atoms with E-state index in [2.05, 4.69) is 35.8 Å². The van der Waals surface area contributed by atoms with Crippen molar-refractivity contribution in [3.05, 3.63) is 29.3 Å². The Morgan fingerprint density at radius 3 is 2.53 bits per heavy atom. The molecule has 0 saturated heterocycles. The van der Waals surface area contributed by atoms with Gasteiger partial charge < -0.3 is 9.47 Å². The molecule has 0 atom stereocenters. The Kier molecular flexibility index (Phi) is 8.93. The molecule has 0 saturated carbocycles. The van der Waals surface area contributed by atoms with Gasteiger partial charge in [0.2, 0.25) is 0 Å². The van der Waals surface area contributed by atoms with Gasteiger partial charge in [-0.05, 0) is 43.9 Å². The molecule has 1 aromatic rings. The number of aryl methyl sites for hydroxylation is 1. The summed E-state index contributed by atoms with van der Waals surface area (Å²) in [6, 6.07) is 6.15. The van der Waals surface area contributed by atoms with Crippen molar-refractivity contribution < 1.29 is 9.47 Å². The maximum Gasteiger partial charge on any atom is 0.122 e. The van der Waals surface area contributed by atoms with Crippen LogP contribution in [0.15, 0.2) is 18.2 Å². The molecule has 1 rings (SSSR count). The number of hydrogen-bond acceptors (Lipinski definition) is 2. The molecule has 19 heavy (non-hydrogen) atoms. The molecule has 2 nitrogen and oxygen atoms in total. The van der Waals surface area contributed by atoms with Crippen LogP contribution in [0.1, 0.15) is 36.8 Å². The zero-order valence-electron chi connectivity index (χ0n) is 12.1. The zero-order chi connectivity index (χ0) is 13.9. The summed E-state index contributed by atoms with van der Waals surface area (Å²) in [4.78, 5) is 0. The van der Waals surface area contributed by atoms with Gasteiger partial charge in [0, 0.05) is 11.9 Å². The highest BCUT2D eigenvalue weighted by Gasteiger charge is 2.01. The predicted octanol–water partition coefficient (Wildman–Crippen LogP) is 4.65. The maximum atomic E-state index is 5.73. The van der Waals surface area contributed by atoms with Crippen molar-refractivity contribution in [2.75, 3.05) is 25.2 Å². The van der Waals surface area contributed by atoms with Gasteiger partial charge in [-0.25, -0.2) is 0 Å². The molecule has 3 heteroatoms. The first-order valence-corrected chi connectivity index (χ1v) is 8.20. The number of rotatable bonds is 10. The zero-order valence-corrected chi connectivity index (χ0v) is 13.7. The largest absolute Gasteiger partial charge is 0.491 e. The number of ether oxygens (including phenoxy) is 2. The lowest BCUT2D eigenvalue weighted by molar-refractivity contribution is 0.0969. The van der Waals surface area contributed by atoms with E-state index in [9.17, 15) is 0 Å². The second kappa shape index (κ2) is 10.3. The fraction of sp³-hybridized carbons (Fsp3) is 0.625. The number of unbranched alkanes of at least 4 members (excludes halogenated alkanes) is 3. The van der Waals surface area contributed by atoms with E-state index in [1.165, 1.54) is 30.4 Å². The van der Waals surface area contributed by atoms with Crippen molar-refractivity contribution in [1.82, 2.24) is 0 Å². The lowest BCUT2D eigenvalue weighted by Crippen LogP contribution is -2.08. The third-order valence-corrected chi connectivity index (χ3v) is 3.77. The van der Waals surface area contributed by atoms with Crippen molar-refractivity contribution in [2.24, 2.45) is 0 Å². The highest BCUT2D eigenvalue weighted by atomic mass is 79.9. The molecule has 0 aromatic heterocycles. The molecular formula is C16H25BrO2. The average molecular weight is 329 g/mol. The van der Waals surface area contributed by atoms with Crippen LogP contribution in [0, 0.1) is 13.8 Å². The number of hydrogen-bond donors (Lipinski definition) is 0. The van der Waals surface area contributed by atoms with Gasteiger partial charge in [-0.3, -0.25) is 0 Å². The third kappa shape index (κ3) is 6.98. The van der Waals surface area contributed by atoms with Gasteiger partial charge in [-0.15, -0.1) is 0 Å². The van der Waals surface area contributed by atoms with Crippen LogP contribution in [-0.4, -0.2) is 25.2 Å². The first-order chi connectivity index (χ1) is 9.25. The molecule has 1 aromatic carbocycles. The van der Waals surface area contributed by atoms with Crippen LogP contribution in [-0.2, 0) is 4.74 Å². The second-order valence-corrected chi connectivity index (χ2v) is 5.56. The van der Waals surface area contributed by atoms with Gasteiger partial charge in [0.05, 0.1) is 6.61 Å². The molecule has 0 heterocycles. The molecule has 0 aliphatic heterocycles. The van der Waals surface area contributed by atoms with Crippen molar-refractivity contribution in [2.45, 2.75) is 39.5 Å². The number of halogens is 1. The van der Waals surface area contributed by atoms with Crippen molar-refractivity contribution >= 4 is 15.9 Å². The van der Waals surface area contributed by atoms with Crippen LogP contribution >= 0.6 is 15.9 Å². The Bertz CT molecular complexity index is 353. The summed E-state index contributed by atoms with van der Waals surface area (Å²) in [5.41, 5.74) is 2.49. The Morgan fingerprint density at radius 1 is 0.947 bits per heavy atom. The van der Waals surface area contributed by atoms with Crippen LogP contribution in [0.2, 0.25) is 0 Å². The first kappa shape index (κ1) is 16.5. The van der Waals surface area contributed by atoms with Crippen LogP contribution in [0.5, 0.6) is 5.75 Å². The van der Waals surface area contributed by atoms with E-state index in [1.807, 2.05) is 12.1 Å². The van der Waals surface area contributed by atoms with E-state index >= 15 is 0 Å². The minimum absolute atomic E-state index is 0.631. The van der Waals surface area contributed by atoms with Crippen molar-refractivity contribution in [3.8, 4) is 5.75 Å². The van der Waals surface area contributed by atoms with E-state index in [0.29, 0.717) is 13.2 Å². The quantitative estimate of drug-likeness (QED) is 0.459. The number of benzene rings is 1. The van der Waals surface area contributed by atoms with Crippen LogP contribution in [0.4, 0.5) is 0 Å². The summed E-state index contributed by atoms with van der Waals surface area (Å²) >= 11 is 3.44. The van der Waals surface area contributed by atoms with Crippen molar-refractivity contribution in [3.63, 3.8) is 0 Å². The summed E-state index contributed by atoms with van der Waals surface area (Å²) in [6.45, 7) is 6.34. The lowest BCUT2D eigenvalue weighted by atomic mass is 10.1. The molecule has 0 N–H and O–H groups in total. The van der Waals surface area contributed by atoms with Gasteiger partial charge in [0.25, 0.3) is 0 Å². The summed E-state index contributed by atoms with van der Waals surface area (Å²) in [7, 11) is 0. The van der Waals surface area contributed by atoms with Crippen LogP contribution in [0.25, 0.3) is 0 Å². The van der Waals surface area contributed by atoms with Crippen LogP contribution in [0.3, 0.4) is 0 Å². The predicted molar refractivity (Wildman–Crippen MR) is 84.5 cm³/mol. The third-order valence-electron chi connectivity index (χ3n) is 3.21. The summed E-state index contributed by atoms with van der Waals surface area (Å²) in [5.74, 6) is 0.973. The summed E-state index contributed by atoms with van der Waals surface area (Å²) in [6.07, 6.45) is 4.95. The van der Waals surface area contributed by atoms with Crippen LogP contribution < -0.4 is 4.74 Å². The molecule has 0 bridgehead atoms. The molecule has 0 radical (unpaired) electrons. The summed E-state index contributed by atoms with van der Waals surface area (Å²) in [5, 5.41) is 1.11. The van der Waals surface area contributed by atoms with E-state index in [1.54, 1.807) is 0 Å². The standard InChI is InChI=1S/C16H25BrO2/c1-14-8-7-9-16(15(14)2)19-13-12-18-11-6-4-3-5-10-17/h7-9H,3-6,10-13H2,1-2H3. The molecule has 0 amide bonds. The summed E-state index contributed by atoms with van der Waals surface area (Å²) < 4.78 is 11.3. The van der Waals surface area contributed by atoms with E-state index in [4.69, 9.17) is 9.47 Å². The van der Waals surface area contributed by atoms with Gasteiger partial charge in [-0.2, -0.15) is 0 Å². The minimum Gasteiger partial charge on any atom is -0.491 e. The fourth-order valence-electron chi connectivity index (χ4n) is 1.85. The van der Waals surface area contributed by atoms with E-state index < -0.39 is 0 Å². The highest BCUT2D eigenvalue weighted by Crippen LogP contribution is 2.20. The average Bonchev–Trinajstić information content (AvgIpc) is 2.41. The molecule has 0 aliphatic rings. The molecule has 0 fully saturated rings. The maximum absolute atomic E-state index is 5.73. The molecule has 108 valence electrons. The molecule has 0 aliphatic carbocycles. The fourth-order valence-corrected chi connectivity index (χ4v) is 2.24. The van der Waals surface area contributed by atoms with Crippen molar-refractivity contribution in [1.29, 1.82) is 0 Å². The monoisotopic (exact) mass is 328 g/mol. The van der Waals surface area contributed by atoms with E-state index in [0.717, 1.165) is 24.1 Å². The normalized spacial score (nSPS) is 10.7. The lowest BCUT2D eigenvalue weighted by Gasteiger charge is -2.11. The highest BCUT2D eigenvalue weighted by molar-refractivity contribution is 9.09. The second-order valence-electron chi connectivity index (χ2n) is 4.76. The Labute approximate surface area is 125 Å². The Morgan fingerprint density at radius 2 is 1.74 bits per heavy atom. The van der Waals surface area contributed by atoms with Gasteiger partial charge in [0.15, 0.2) is 0 Å². The first-order valence-electron chi connectivity index (χ1n) is 7.08. The van der Waals surface area contributed by atoms with Gasteiger partial charge in [0.1, 0.15) is 12.4 Å². The smallest absolute Gasteiger partial charge is 0.122 e. The molecular weight excluding hydrogens is 304 g/mol. The number of alkyl halides is 1. The Hall–Kier alpha value is -0.540. The van der Waals surface area contributed by atoms with Gasteiger partial charge >= 0.3 is 0 Å².